The maximum atomic E-state index is 13.8. The minimum Gasteiger partial charge on any atom is -0.353 e. The van der Waals surface area contributed by atoms with Crippen molar-refractivity contribution in [3.05, 3.63) is 60.2 Å². The lowest BCUT2D eigenvalue weighted by Gasteiger charge is -2.14. The Balaban J connectivity index is 1.92. The van der Waals surface area contributed by atoms with E-state index in [0.717, 1.165) is 17.8 Å². The van der Waals surface area contributed by atoms with Gasteiger partial charge in [-0.25, -0.2) is 9.37 Å². The molecule has 3 rings (SSSR count). The van der Waals surface area contributed by atoms with E-state index >= 15 is 0 Å². The molecule has 0 unspecified atom stereocenters. The average Bonchev–Trinajstić information content (AvgIpc) is 2.66. The number of pyridine rings is 1. The van der Waals surface area contributed by atoms with Crippen LogP contribution in [0.3, 0.4) is 0 Å². The first-order chi connectivity index (χ1) is 13.0. The van der Waals surface area contributed by atoms with Crippen molar-refractivity contribution < 1.29 is 4.39 Å². The second kappa shape index (κ2) is 8.55. The summed E-state index contributed by atoms with van der Waals surface area (Å²) in [6.45, 7) is 3.30. The summed E-state index contributed by atoms with van der Waals surface area (Å²) in [4.78, 5) is 15.3. The minimum atomic E-state index is -0.258. The summed E-state index contributed by atoms with van der Waals surface area (Å²) in [5.74, 6) is 0.838. The predicted octanol–water partition coefficient (Wildman–Crippen LogP) is 3.70. The predicted molar refractivity (Wildman–Crippen MR) is 107 cm³/mol. The first-order valence-corrected chi connectivity index (χ1v) is 8.73. The Hall–Kier alpha value is -3.06. The van der Waals surface area contributed by atoms with Gasteiger partial charge in [0.1, 0.15) is 11.6 Å². The number of hydrogen-bond acceptors (Lipinski definition) is 6. The Labute approximate surface area is 158 Å². The number of hydrogen-bond donors (Lipinski definition) is 2. The SMILES string of the molecule is Cc1c(F)cccc1Nc1cc(-c2cccnc2)nc(NCCN(C)C)n1. The van der Waals surface area contributed by atoms with E-state index in [1.165, 1.54) is 6.07 Å². The molecule has 1 aromatic carbocycles. The maximum Gasteiger partial charge on any atom is 0.225 e. The number of nitrogens with zero attached hydrogens (tertiary/aromatic N) is 4. The van der Waals surface area contributed by atoms with Crippen LogP contribution in [0.4, 0.5) is 21.8 Å². The molecule has 140 valence electrons. The van der Waals surface area contributed by atoms with Crippen molar-refractivity contribution in [2.45, 2.75) is 6.92 Å². The lowest BCUT2D eigenvalue weighted by Crippen LogP contribution is -2.21. The summed E-state index contributed by atoms with van der Waals surface area (Å²) in [6.07, 6.45) is 3.47. The summed E-state index contributed by atoms with van der Waals surface area (Å²) in [7, 11) is 4.02. The van der Waals surface area contributed by atoms with Gasteiger partial charge in [0.25, 0.3) is 0 Å². The Bertz CT molecular complexity index is 898. The smallest absolute Gasteiger partial charge is 0.225 e. The van der Waals surface area contributed by atoms with Crippen molar-refractivity contribution in [3.8, 4) is 11.3 Å². The Morgan fingerprint density at radius 2 is 1.96 bits per heavy atom. The van der Waals surface area contributed by atoms with Crippen LogP contribution < -0.4 is 10.6 Å². The van der Waals surface area contributed by atoms with E-state index in [1.54, 1.807) is 25.4 Å². The van der Waals surface area contributed by atoms with Crippen molar-refractivity contribution >= 4 is 17.5 Å². The second-order valence-electron chi connectivity index (χ2n) is 6.47. The summed E-state index contributed by atoms with van der Waals surface area (Å²) >= 11 is 0. The second-order valence-corrected chi connectivity index (χ2v) is 6.47. The highest BCUT2D eigenvalue weighted by atomic mass is 19.1. The molecule has 7 heteroatoms. The molecule has 0 aliphatic carbocycles. The maximum absolute atomic E-state index is 13.8. The summed E-state index contributed by atoms with van der Waals surface area (Å²) in [5, 5.41) is 6.44. The number of halogens is 1. The van der Waals surface area contributed by atoms with Crippen molar-refractivity contribution in [2.75, 3.05) is 37.8 Å². The van der Waals surface area contributed by atoms with Crippen molar-refractivity contribution in [2.24, 2.45) is 0 Å². The average molecular weight is 366 g/mol. The molecule has 2 aromatic heterocycles. The van der Waals surface area contributed by atoms with Crippen LogP contribution in [0.2, 0.25) is 0 Å². The molecule has 0 atom stereocenters. The van der Waals surface area contributed by atoms with Crippen molar-refractivity contribution in [1.29, 1.82) is 0 Å². The fourth-order valence-corrected chi connectivity index (χ4v) is 2.52. The number of aromatic nitrogens is 3. The number of rotatable bonds is 7. The first kappa shape index (κ1) is 18.7. The Kier molecular flexibility index (Phi) is 5.93. The van der Waals surface area contributed by atoms with Crippen LogP contribution in [0.15, 0.2) is 48.8 Å². The normalized spacial score (nSPS) is 10.9. The third-order valence-electron chi connectivity index (χ3n) is 4.06. The number of likely N-dealkylation sites (N-methyl/N-ethyl adjacent to an activating group) is 1. The third-order valence-corrected chi connectivity index (χ3v) is 4.06. The molecule has 0 bridgehead atoms. The van der Waals surface area contributed by atoms with E-state index in [-0.39, 0.29) is 5.82 Å². The van der Waals surface area contributed by atoms with E-state index in [1.807, 2.05) is 38.4 Å². The fourth-order valence-electron chi connectivity index (χ4n) is 2.52. The Morgan fingerprint density at radius 1 is 1.11 bits per heavy atom. The van der Waals surface area contributed by atoms with Crippen LogP contribution in [0.25, 0.3) is 11.3 Å². The molecule has 2 heterocycles. The van der Waals surface area contributed by atoms with Gasteiger partial charge in [0.2, 0.25) is 5.95 Å². The highest BCUT2D eigenvalue weighted by molar-refractivity contribution is 5.68. The summed E-state index contributed by atoms with van der Waals surface area (Å²) in [5.41, 5.74) is 2.84. The quantitative estimate of drug-likeness (QED) is 0.665. The van der Waals surface area contributed by atoms with Gasteiger partial charge in [-0.1, -0.05) is 6.07 Å². The van der Waals surface area contributed by atoms with E-state index in [0.29, 0.717) is 29.6 Å². The summed E-state index contributed by atoms with van der Waals surface area (Å²) in [6, 6.07) is 10.6. The zero-order chi connectivity index (χ0) is 19.2. The lowest BCUT2D eigenvalue weighted by atomic mass is 10.2. The molecule has 0 saturated heterocycles. The highest BCUT2D eigenvalue weighted by Gasteiger charge is 2.10. The monoisotopic (exact) mass is 366 g/mol. The molecule has 27 heavy (non-hydrogen) atoms. The topological polar surface area (TPSA) is 66.0 Å². The molecule has 0 aliphatic heterocycles. The molecule has 6 nitrogen and oxygen atoms in total. The molecule has 0 spiro atoms. The van der Waals surface area contributed by atoms with Gasteiger partial charge < -0.3 is 15.5 Å². The number of benzene rings is 1. The molecule has 0 aliphatic rings. The molecule has 0 amide bonds. The molecule has 0 saturated carbocycles. The van der Waals surface area contributed by atoms with E-state index < -0.39 is 0 Å². The van der Waals surface area contributed by atoms with Crippen LogP contribution >= 0.6 is 0 Å². The van der Waals surface area contributed by atoms with Gasteiger partial charge >= 0.3 is 0 Å². The third kappa shape index (κ3) is 4.98. The lowest BCUT2D eigenvalue weighted by molar-refractivity contribution is 0.425. The van der Waals surface area contributed by atoms with Crippen LogP contribution in [0.5, 0.6) is 0 Å². The zero-order valence-corrected chi connectivity index (χ0v) is 15.7. The van der Waals surface area contributed by atoms with Crippen molar-refractivity contribution in [3.63, 3.8) is 0 Å². The number of nitrogens with one attached hydrogen (secondary N) is 2. The van der Waals surface area contributed by atoms with Gasteiger partial charge in [-0.15, -0.1) is 0 Å². The fraction of sp³-hybridized carbons (Fsp3) is 0.250. The van der Waals surface area contributed by atoms with Gasteiger partial charge in [-0.3, -0.25) is 4.98 Å². The number of anilines is 3. The highest BCUT2D eigenvalue weighted by Crippen LogP contribution is 2.25. The largest absolute Gasteiger partial charge is 0.353 e. The molecular weight excluding hydrogens is 343 g/mol. The van der Waals surface area contributed by atoms with Crippen molar-refractivity contribution in [1.82, 2.24) is 19.9 Å². The van der Waals surface area contributed by atoms with E-state index in [2.05, 4.69) is 30.5 Å². The molecule has 0 fully saturated rings. The van der Waals surface area contributed by atoms with Gasteiger partial charge in [-0.05, 0) is 45.3 Å². The van der Waals surface area contributed by atoms with Crippen LogP contribution in [-0.4, -0.2) is 47.0 Å². The molecular formula is C20H23FN6. The van der Waals surface area contributed by atoms with E-state index in [9.17, 15) is 4.39 Å². The van der Waals surface area contributed by atoms with Gasteiger partial charge in [0.15, 0.2) is 0 Å². The molecule has 2 N–H and O–H groups in total. The molecule has 3 aromatic rings. The standard InChI is InChI=1S/C20H23FN6/c1-14-16(21)7-4-8-17(14)24-19-12-18(15-6-5-9-22-13-15)25-20(26-19)23-10-11-27(2)3/h4-9,12-13H,10-11H2,1-3H3,(H2,23,24,25,26). The zero-order valence-electron chi connectivity index (χ0n) is 15.7. The van der Waals surface area contributed by atoms with Crippen LogP contribution in [-0.2, 0) is 0 Å². The van der Waals surface area contributed by atoms with Gasteiger partial charge in [0, 0.05) is 48.4 Å². The summed E-state index contributed by atoms with van der Waals surface area (Å²) < 4.78 is 13.8. The van der Waals surface area contributed by atoms with E-state index in [4.69, 9.17) is 0 Å². The Morgan fingerprint density at radius 3 is 2.70 bits per heavy atom. The van der Waals surface area contributed by atoms with Gasteiger partial charge in [0.05, 0.1) is 5.69 Å². The minimum absolute atomic E-state index is 0.258. The van der Waals surface area contributed by atoms with Crippen LogP contribution in [0.1, 0.15) is 5.56 Å². The first-order valence-electron chi connectivity index (χ1n) is 8.73. The van der Waals surface area contributed by atoms with Crippen LogP contribution in [0, 0.1) is 12.7 Å². The van der Waals surface area contributed by atoms with Gasteiger partial charge in [-0.2, -0.15) is 4.98 Å². The molecule has 0 radical (unpaired) electrons.